The van der Waals surface area contributed by atoms with Crippen molar-refractivity contribution in [2.24, 2.45) is 10.4 Å². The molecule has 0 fully saturated rings. The zero-order valence-corrected chi connectivity index (χ0v) is 15.8. The van der Waals surface area contributed by atoms with Crippen molar-refractivity contribution in [1.82, 2.24) is 20.6 Å². The molecular weight excluding hydrogens is 314 g/mol. The zero-order valence-electron chi connectivity index (χ0n) is 15.8. The molecule has 6 nitrogen and oxygen atoms in total. The number of aliphatic imine (C=N–C) groups is 1. The number of aromatic nitrogens is 2. The van der Waals surface area contributed by atoms with Crippen molar-refractivity contribution in [3.63, 3.8) is 0 Å². The lowest BCUT2D eigenvalue weighted by Crippen LogP contribution is -2.45. The van der Waals surface area contributed by atoms with E-state index in [4.69, 9.17) is 4.74 Å². The van der Waals surface area contributed by atoms with Gasteiger partial charge in [0.2, 0.25) is 0 Å². The number of H-pyrrole nitrogens is 1. The Balaban J connectivity index is 1.88. The Morgan fingerprint density at radius 1 is 1.24 bits per heavy atom. The summed E-state index contributed by atoms with van der Waals surface area (Å²) >= 11 is 0. The molecule has 1 atom stereocenters. The van der Waals surface area contributed by atoms with Gasteiger partial charge in [0.25, 0.3) is 0 Å². The maximum Gasteiger partial charge on any atom is 0.191 e. The van der Waals surface area contributed by atoms with Crippen LogP contribution in [-0.4, -0.2) is 42.7 Å². The number of hydrogen-bond acceptors (Lipinski definition) is 3. The van der Waals surface area contributed by atoms with Crippen LogP contribution in [0.3, 0.4) is 0 Å². The summed E-state index contributed by atoms with van der Waals surface area (Å²) < 4.78 is 5.56. The van der Waals surface area contributed by atoms with E-state index >= 15 is 0 Å². The highest BCUT2D eigenvalue weighted by atomic mass is 16.5. The molecule has 0 saturated carbocycles. The zero-order chi connectivity index (χ0) is 18.3. The van der Waals surface area contributed by atoms with Crippen LogP contribution in [0.15, 0.2) is 41.5 Å². The number of ether oxygens (including phenoxy) is 1. The largest absolute Gasteiger partial charge is 0.379 e. The van der Waals surface area contributed by atoms with Gasteiger partial charge < -0.3 is 20.4 Å². The van der Waals surface area contributed by atoms with Gasteiger partial charge in [-0.2, -0.15) is 0 Å². The molecule has 25 heavy (non-hydrogen) atoms. The minimum Gasteiger partial charge on any atom is -0.379 e. The molecule has 0 aliphatic heterocycles. The average Bonchev–Trinajstić information content (AvgIpc) is 3.06. The number of nitrogens with zero attached hydrogens (tertiary/aromatic N) is 2. The summed E-state index contributed by atoms with van der Waals surface area (Å²) in [6.07, 6.45) is 1.95. The van der Waals surface area contributed by atoms with Crippen LogP contribution in [0.5, 0.6) is 0 Å². The number of rotatable bonds is 6. The highest BCUT2D eigenvalue weighted by Gasteiger charge is 2.24. The van der Waals surface area contributed by atoms with Crippen LogP contribution in [0.2, 0.25) is 0 Å². The molecule has 1 unspecified atom stereocenters. The summed E-state index contributed by atoms with van der Waals surface area (Å²) in [4.78, 5) is 12.0. The van der Waals surface area contributed by atoms with Gasteiger partial charge in [-0.25, -0.2) is 4.98 Å². The van der Waals surface area contributed by atoms with Crippen LogP contribution in [0.25, 0.3) is 11.3 Å². The fourth-order valence-corrected chi connectivity index (χ4v) is 2.54. The average molecular weight is 343 g/mol. The Morgan fingerprint density at radius 2 is 1.96 bits per heavy atom. The quantitative estimate of drug-likeness (QED) is 0.557. The molecule has 136 valence electrons. The third-order valence-electron chi connectivity index (χ3n) is 4.07. The second-order valence-corrected chi connectivity index (χ2v) is 7.01. The van der Waals surface area contributed by atoms with Gasteiger partial charge in [0.15, 0.2) is 5.96 Å². The number of nitrogens with one attached hydrogen (secondary N) is 3. The van der Waals surface area contributed by atoms with Crippen LogP contribution < -0.4 is 10.6 Å². The second-order valence-electron chi connectivity index (χ2n) is 7.01. The van der Waals surface area contributed by atoms with E-state index in [-0.39, 0.29) is 11.5 Å². The molecule has 0 amide bonds. The summed E-state index contributed by atoms with van der Waals surface area (Å²) in [7, 11) is 3.49. The first-order valence-corrected chi connectivity index (χ1v) is 8.50. The lowest BCUT2D eigenvalue weighted by atomic mass is 9.89. The predicted molar refractivity (Wildman–Crippen MR) is 102 cm³/mol. The van der Waals surface area contributed by atoms with Gasteiger partial charge in [-0.3, -0.25) is 4.99 Å². The first kappa shape index (κ1) is 19.0. The van der Waals surface area contributed by atoms with E-state index in [0.29, 0.717) is 13.1 Å². The van der Waals surface area contributed by atoms with Gasteiger partial charge in [-0.05, 0) is 11.0 Å². The van der Waals surface area contributed by atoms with E-state index in [1.807, 2.05) is 24.4 Å². The van der Waals surface area contributed by atoms with Crippen molar-refractivity contribution < 1.29 is 4.74 Å². The number of benzene rings is 1. The fourth-order valence-electron chi connectivity index (χ4n) is 2.54. The number of aromatic amines is 1. The van der Waals surface area contributed by atoms with E-state index in [1.165, 1.54) is 0 Å². The van der Waals surface area contributed by atoms with Crippen LogP contribution >= 0.6 is 0 Å². The third-order valence-corrected chi connectivity index (χ3v) is 4.07. The molecule has 0 aliphatic rings. The highest BCUT2D eigenvalue weighted by molar-refractivity contribution is 5.79. The molecule has 6 heteroatoms. The van der Waals surface area contributed by atoms with Crippen molar-refractivity contribution in [3.8, 4) is 11.3 Å². The molecule has 1 heterocycles. The lowest BCUT2D eigenvalue weighted by Gasteiger charge is -2.30. The van der Waals surface area contributed by atoms with Gasteiger partial charge in [0, 0.05) is 20.7 Å². The molecule has 0 saturated heterocycles. The topological polar surface area (TPSA) is 74.3 Å². The van der Waals surface area contributed by atoms with Gasteiger partial charge in [-0.15, -0.1) is 0 Å². The van der Waals surface area contributed by atoms with E-state index in [0.717, 1.165) is 23.0 Å². The molecule has 1 aromatic heterocycles. The minimum absolute atomic E-state index is 0.0617. The molecule has 0 spiro atoms. The number of hydrogen-bond donors (Lipinski definition) is 3. The van der Waals surface area contributed by atoms with Crippen molar-refractivity contribution in [3.05, 3.63) is 42.4 Å². The van der Waals surface area contributed by atoms with Gasteiger partial charge in [0.1, 0.15) is 5.82 Å². The smallest absolute Gasteiger partial charge is 0.191 e. The monoisotopic (exact) mass is 343 g/mol. The molecule has 0 bridgehead atoms. The molecule has 2 aromatic rings. The van der Waals surface area contributed by atoms with E-state index in [9.17, 15) is 0 Å². The van der Waals surface area contributed by atoms with Crippen LogP contribution in [-0.2, 0) is 11.3 Å². The van der Waals surface area contributed by atoms with Gasteiger partial charge in [-0.1, -0.05) is 51.1 Å². The molecule has 1 aromatic carbocycles. The first-order chi connectivity index (χ1) is 11.9. The predicted octanol–water partition coefficient (Wildman–Crippen LogP) is 2.80. The van der Waals surface area contributed by atoms with Gasteiger partial charge in [0.05, 0.1) is 24.5 Å². The Morgan fingerprint density at radius 3 is 2.56 bits per heavy atom. The van der Waals surface area contributed by atoms with Crippen molar-refractivity contribution >= 4 is 5.96 Å². The van der Waals surface area contributed by atoms with Crippen LogP contribution in [0, 0.1) is 5.41 Å². The molecule has 0 aliphatic carbocycles. The number of imidazole rings is 1. The van der Waals surface area contributed by atoms with Gasteiger partial charge >= 0.3 is 0 Å². The van der Waals surface area contributed by atoms with Crippen molar-refractivity contribution in [1.29, 1.82) is 0 Å². The second kappa shape index (κ2) is 8.67. The van der Waals surface area contributed by atoms with E-state index in [1.54, 1.807) is 14.2 Å². The normalized spacial score (nSPS) is 13.6. The lowest BCUT2D eigenvalue weighted by molar-refractivity contribution is 0.0205. The molecular formula is C19H29N5O. The fraction of sp³-hybridized carbons (Fsp3) is 0.474. The maximum absolute atomic E-state index is 5.56. The summed E-state index contributed by atoms with van der Waals surface area (Å²) in [6.45, 7) is 7.74. The van der Waals surface area contributed by atoms with Crippen molar-refractivity contribution in [2.75, 3.05) is 20.7 Å². The number of methoxy groups -OCH3 is 1. The number of guanidine groups is 1. The SMILES string of the molecule is CN=C(NCc1ncc(-c2ccccc2)[nH]1)NCC(OC)C(C)(C)C. The highest BCUT2D eigenvalue weighted by Crippen LogP contribution is 2.21. The minimum atomic E-state index is 0.0617. The summed E-state index contributed by atoms with van der Waals surface area (Å²) in [6, 6.07) is 10.1. The van der Waals surface area contributed by atoms with Crippen molar-refractivity contribution in [2.45, 2.75) is 33.4 Å². The van der Waals surface area contributed by atoms with Crippen LogP contribution in [0.1, 0.15) is 26.6 Å². The standard InChI is InChI=1S/C19H29N5O/c1-19(2,3)16(25-5)12-22-18(20-4)23-13-17-21-11-15(24-17)14-9-7-6-8-10-14/h6-11,16H,12-13H2,1-5H3,(H,21,24)(H2,20,22,23). The summed E-state index contributed by atoms with van der Waals surface area (Å²) in [5, 5.41) is 6.58. The third kappa shape index (κ3) is 5.60. The van der Waals surface area contributed by atoms with Crippen LogP contribution in [0.4, 0.5) is 0 Å². The summed E-state index contributed by atoms with van der Waals surface area (Å²) in [5.74, 6) is 1.59. The van der Waals surface area contributed by atoms with E-state index < -0.39 is 0 Å². The Labute approximate surface area is 150 Å². The Hall–Kier alpha value is -2.34. The Bertz CT molecular complexity index is 673. The molecule has 2 rings (SSSR count). The summed E-state index contributed by atoms with van der Waals surface area (Å²) in [5.41, 5.74) is 2.19. The van der Waals surface area contributed by atoms with E-state index in [2.05, 4.69) is 58.5 Å². The molecule has 0 radical (unpaired) electrons. The Kier molecular flexibility index (Phi) is 6.58. The maximum atomic E-state index is 5.56. The molecule has 3 N–H and O–H groups in total. The first-order valence-electron chi connectivity index (χ1n) is 8.50.